The molecule has 0 spiro atoms. The van der Waals surface area contributed by atoms with E-state index < -0.39 is 36.6 Å². The molecule has 24 heavy (non-hydrogen) atoms. The summed E-state index contributed by atoms with van der Waals surface area (Å²) in [6.07, 6.45) is -4.99. The van der Waals surface area contributed by atoms with Crippen molar-refractivity contribution in [3.8, 4) is 5.75 Å². The van der Waals surface area contributed by atoms with Gasteiger partial charge in [-0.3, -0.25) is 4.79 Å². The quantitative estimate of drug-likeness (QED) is 0.417. The minimum absolute atomic E-state index is 0.122. The summed E-state index contributed by atoms with van der Waals surface area (Å²) in [6.45, 7) is 2.21. The van der Waals surface area contributed by atoms with Crippen LogP contribution in [0.25, 0.3) is 0 Å². The SMILES string of the molecule is C=CC(=O)OCC(O)COCC(=O)c1ccc(OC(F)(F)F)cc1. The standard InChI is InChI=1S/C15H15F3O6/c1-2-14(21)23-8-11(19)7-22-9-13(20)10-3-5-12(6-4-10)24-15(16,17)18/h2-6,11,19H,1,7-9H2. The Morgan fingerprint density at radius 3 is 2.38 bits per heavy atom. The van der Waals surface area contributed by atoms with Gasteiger partial charge in [-0.15, -0.1) is 13.2 Å². The summed E-state index contributed by atoms with van der Waals surface area (Å²) < 4.78 is 49.2. The number of ketones is 1. The molecule has 1 unspecified atom stereocenters. The van der Waals surface area contributed by atoms with Crippen molar-refractivity contribution in [3.63, 3.8) is 0 Å². The van der Waals surface area contributed by atoms with Gasteiger partial charge in [0.25, 0.3) is 0 Å². The van der Waals surface area contributed by atoms with Crippen molar-refractivity contribution in [1.82, 2.24) is 0 Å². The average molecular weight is 348 g/mol. The molecule has 0 amide bonds. The number of carbonyl (C=O) groups excluding carboxylic acids is 2. The van der Waals surface area contributed by atoms with E-state index in [1.807, 2.05) is 0 Å². The third kappa shape index (κ3) is 7.75. The molecule has 1 aromatic rings. The molecule has 0 aliphatic rings. The van der Waals surface area contributed by atoms with Crippen LogP contribution < -0.4 is 4.74 Å². The van der Waals surface area contributed by atoms with Crippen LogP contribution in [0.4, 0.5) is 13.2 Å². The number of ether oxygens (including phenoxy) is 3. The number of alkyl halides is 3. The Hall–Kier alpha value is -2.39. The highest BCUT2D eigenvalue weighted by atomic mass is 19.4. The van der Waals surface area contributed by atoms with Crippen molar-refractivity contribution >= 4 is 11.8 Å². The first kappa shape index (κ1) is 19.7. The van der Waals surface area contributed by atoms with Gasteiger partial charge in [-0.2, -0.15) is 0 Å². The normalized spacial score (nSPS) is 12.3. The monoisotopic (exact) mass is 348 g/mol. The van der Waals surface area contributed by atoms with Crippen LogP contribution in [0.5, 0.6) is 5.75 Å². The summed E-state index contributed by atoms with van der Waals surface area (Å²) in [5.74, 6) is -1.64. The Morgan fingerprint density at radius 2 is 1.83 bits per heavy atom. The Kier molecular flexibility index (Phi) is 7.40. The predicted molar refractivity (Wildman–Crippen MR) is 75.4 cm³/mol. The van der Waals surface area contributed by atoms with E-state index in [2.05, 4.69) is 16.1 Å². The highest BCUT2D eigenvalue weighted by molar-refractivity contribution is 5.97. The Bertz CT molecular complexity index is 568. The second kappa shape index (κ2) is 9.04. The van der Waals surface area contributed by atoms with Crippen molar-refractivity contribution < 1.29 is 42.1 Å². The van der Waals surface area contributed by atoms with Gasteiger partial charge in [-0.25, -0.2) is 4.79 Å². The number of halogens is 3. The Labute approximate surface area is 135 Å². The lowest BCUT2D eigenvalue weighted by Crippen LogP contribution is -2.24. The van der Waals surface area contributed by atoms with Crippen LogP contribution >= 0.6 is 0 Å². The van der Waals surface area contributed by atoms with E-state index in [0.29, 0.717) is 0 Å². The molecule has 132 valence electrons. The molecule has 9 heteroatoms. The van der Waals surface area contributed by atoms with Gasteiger partial charge in [0.1, 0.15) is 25.1 Å². The van der Waals surface area contributed by atoms with E-state index >= 15 is 0 Å². The zero-order chi connectivity index (χ0) is 18.2. The second-order valence-electron chi connectivity index (χ2n) is 4.50. The Balaban J connectivity index is 2.37. The van der Waals surface area contributed by atoms with E-state index in [1.54, 1.807) is 0 Å². The molecule has 6 nitrogen and oxygen atoms in total. The summed E-state index contributed by atoms with van der Waals surface area (Å²) in [7, 11) is 0. The molecule has 0 radical (unpaired) electrons. The summed E-state index contributed by atoms with van der Waals surface area (Å²) >= 11 is 0. The fourth-order valence-corrected chi connectivity index (χ4v) is 1.50. The second-order valence-corrected chi connectivity index (χ2v) is 4.50. The Morgan fingerprint density at radius 1 is 1.21 bits per heavy atom. The molecule has 1 rings (SSSR count). The van der Waals surface area contributed by atoms with Crippen LogP contribution in [-0.4, -0.2) is 49.1 Å². The van der Waals surface area contributed by atoms with Gasteiger partial charge in [-0.05, 0) is 24.3 Å². The molecule has 0 aliphatic heterocycles. The predicted octanol–water partition coefficient (Wildman–Crippen LogP) is 1.87. The number of hydrogen-bond acceptors (Lipinski definition) is 6. The van der Waals surface area contributed by atoms with Gasteiger partial charge in [0.2, 0.25) is 0 Å². The molecule has 0 bridgehead atoms. The molecule has 1 atom stereocenters. The molecule has 1 N–H and O–H groups in total. The number of carbonyl (C=O) groups is 2. The van der Waals surface area contributed by atoms with Crippen LogP contribution in [-0.2, 0) is 14.3 Å². The lowest BCUT2D eigenvalue weighted by Gasteiger charge is -2.11. The average Bonchev–Trinajstić information content (AvgIpc) is 2.51. The van der Waals surface area contributed by atoms with Crippen LogP contribution in [0.2, 0.25) is 0 Å². The number of esters is 1. The van der Waals surface area contributed by atoms with Gasteiger partial charge in [0.15, 0.2) is 5.78 Å². The highest BCUT2D eigenvalue weighted by Crippen LogP contribution is 2.22. The number of benzene rings is 1. The van der Waals surface area contributed by atoms with Crippen LogP contribution in [0.3, 0.4) is 0 Å². The number of aliphatic hydroxyl groups excluding tert-OH is 1. The smallest absolute Gasteiger partial charge is 0.460 e. The number of rotatable bonds is 9. The molecule has 1 aromatic carbocycles. The maximum Gasteiger partial charge on any atom is 0.573 e. The zero-order valence-corrected chi connectivity index (χ0v) is 12.4. The maximum atomic E-state index is 12.0. The summed E-state index contributed by atoms with van der Waals surface area (Å²) in [5.41, 5.74) is 0.122. The number of Topliss-reactive ketones (excluding diaryl/α,β-unsaturated/α-hetero) is 1. The molecular weight excluding hydrogens is 333 g/mol. The molecule has 0 fully saturated rings. The van der Waals surface area contributed by atoms with Crippen LogP contribution in [0, 0.1) is 0 Å². The van der Waals surface area contributed by atoms with Crippen molar-refractivity contribution in [2.75, 3.05) is 19.8 Å². The van der Waals surface area contributed by atoms with E-state index in [-0.39, 0.29) is 18.8 Å². The van der Waals surface area contributed by atoms with Gasteiger partial charge < -0.3 is 19.3 Å². The largest absolute Gasteiger partial charge is 0.573 e. The van der Waals surface area contributed by atoms with Crippen LogP contribution in [0.1, 0.15) is 10.4 Å². The van der Waals surface area contributed by atoms with Gasteiger partial charge in [-0.1, -0.05) is 6.58 Å². The fraction of sp³-hybridized carbons (Fsp3) is 0.333. The molecule has 0 heterocycles. The molecular formula is C15H15F3O6. The number of hydrogen-bond donors (Lipinski definition) is 1. The first-order chi connectivity index (χ1) is 11.2. The minimum Gasteiger partial charge on any atom is -0.460 e. The van der Waals surface area contributed by atoms with E-state index in [1.165, 1.54) is 0 Å². The minimum atomic E-state index is -4.81. The van der Waals surface area contributed by atoms with Crippen molar-refractivity contribution in [2.45, 2.75) is 12.5 Å². The van der Waals surface area contributed by atoms with E-state index in [4.69, 9.17) is 4.74 Å². The highest BCUT2D eigenvalue weighted by Gasteiger charge is 2.31. The molecule has 0 saturated carbocycles. The van der Waals surface area contributed by atoms with Crippen molar-refractivity contribution in [1.29, 1.82) is 0 Å². The fourth-order valence-electron chi connectivity index (χ4n) is 1.50. The van der Waals surface area contributed by atoms with Crippen LogP contribution in [0.15, 0.2) is 36.9 Å². The lowest BCUT2D eigenvalue weighted by atomic mass is 10.1. The van der Waals surface area contributed by atoms with Gasteiger partial charge >= 0.3 is 12.3 Å². The first-order valence-corrected chi connectivity index (χ1v) is 6.65. The zero-order valence-electron chi connectivity index (χ0n) is 12.4. The summed E-state index contributed by atoms with van der Waals surface area (Å²) in [6, 6.07) is 4.33. The summed E-state index contributed by atoms with van der Waals surface area (Å²) in [4.78, 5) is 22.5. The van der Waals surface area contributed by atoms with Crippen molar-refractivity contribution in [2.24, 2.45) is 0 Å². The maximum absolute atomic E-state index is 12.0. The third-order valence-electron chi connectivity index (χ3n) is 2.54. The lowest BCUT2D eigenvalue weighted by molar-refractivity contribution is -0.274. The molecule has 0 aromatic heterocycles. The van der Waals surface area contributed by atoms with Gasteiger partial charge in [0, 0.05) is 11.6 Å². The number of aliphatic hydroxyl groups is 1. The summed E-state index contributed by atoms with van der Waals surface area (Å²) in [5, 5.41) is 9.45. The van der Waals surface area contributed by atoms with Crippen molar-refractivity contribution in [3.05, 3.63) is 42.5 Å². The topological polar surface area (TPSA) is 82.1 Å². The third-order valence-corrected chi connectivity index (χ3v) is 2.54. The molecule has 0 saturated heterocycles. The van der Waals surface area contributed by atoms with Gasteiger partial charge in [0.05, 0.1) is 6.61 Å². The van der Waals surface area contributed by atoms with E-state index in [9.17, 15) is 27.9 Å². The first-order valence-electron chi connectivity index (χ1n) is 6.65. The van der Waals surface area contributed by atoms with E-state index in [0.717, 1.165) is 30.3 Å². The molecule has 0 aliphatic carbocycles.